The predicted octanol–water partition coefficient (Wildman–Crippen LogP) is 3.58. The number of carbonyl (C=O) groups is 1. The molecule has 110 valence electrons. The van der Waals surface area contributed by atoms with E-state index in [1.807, 2.05) is 30.8 Å². The van der Waals surface area contributed by atoms with Gasteiger partial charge in [0.1, 0.15) is 0 Å². The summed E-state index contributed by atoms with van der Waals surface area (Å²) >= 11 is 1.99. The van der Waals surface area contributed by atoms with Crippen LogP contribution in [0.2, 0.25) is 0 Å². The minimum atomic E-state index is -0.153. The van der Waals surface area contributed by atoms with Crippen molar-refractivity contribution in [1.29, 1.82) is 0 Å². The molecule has 0 bridgehead atoms. The number of carbonyl (C=O) groups excluding carboxylic acids is 1. The second-order valence-electron chi connectivity index (χ2n) is 5.20. The van der Waals surface area contributed by atoms with Crippen LogP contribution in [0.3, 0.4) is 0 Å². The molecule has 20 heavy (non-hydrogen) atoms. The van der Waals surface area contributed by atoms with Crippen molar-refractivity contribution in [3.05, 3.63) is 24.0 Å². The SMILES string of the molecule is Cc1ccc(NC(=O)NCCSC2CCCCC2)cn1. The van der Waals surface area contributed by atoms with Crippen LogP contribution in [-0.2, 0) is 0 Å². The first-order valence-electron chi connectivity index (χ1n) is 7.33. The number of anilines is 1. The quantitative estimate of drug-likeness (QED) is 0.816. The van der Waals surface area contributed by atoms with Gasteiger partial charge in [-0.15, -0.1) is 0 Å². The van der Waals surface area contributed by atoms with Crippen LogP contribution in [0.25, 0.3) is 0 Å². The number of hydrogen-bond donors (Lipinski definition) is 2. The smallest absolute Gasteiger partial charge is 0.319 e. The molecule has 1 aliphatic rings. The van der Waals surface area contributed by atoms with Crippen LogP contribution < -0.4 is 10.6 Å². The lowest BCUT2D eigenvalue weighted by Gasteiger charge is -2.20. The van der Waals surface area contributed by atoms with Crippen molar-refractivity contribution in [3.63, 3.8) is 0 Å². The van der Waals surface area contributed by atoms with Crippen LogP contribution in [-0.4, -0.2) is 28.6 Å². The minimum absolute atomic E-state index is 0.153. The second-order valence-corrected chi connectivity index (χ2v) is 6.61. The molecule has 0 atom stereocenters. The molecule has 1 heterocycles. The number of aromatic nitrogens is 1. The molecule has 1 aromatic rings. The Bertz CT molecular complexity index is 416. The van der Waals surface area contributed by atoms with Crippen LogP contribution in [0.1, 0.15) is 37.8 Å². The third-order valence-electron chi connectivity index (χ3n) is 3.46. The number of hydrogen-bond acceptors (Lipinski definition) is 3. The number of amides is 2. The molecule has 1 aliphatic carbocycles. The van der Waals surface area contributed by atoms with Crippen molar-refractivity contribution in [2.45, 2.75) is 44.3 Å². The summed E-state index contributed by atoms with van der Waals surface area (Å²) < 4.78 is 0. The van der Waals surface area contributed by atoms with Gasteiger partial charge in [-0.1, -0.05) is 19.3 Å². The minimum Gasteiger partial charge on any atom is -0.337 e. The van der Waals surface area contributed by atoms with Crippen molar-refractivity contribution in [2.24, 2.45) is 0 Å². The number of urea groups is 1. The fraction of sp³-hybridized carbons (Fsp3) is 0.600. The van der Waals surface area contributed by atoms with E-state index in [0.717, 1.165) is 22.4 Å². The number of thioether (sulfide) groups is 1. The van der Waals surface area contributed by atoms with Crippen LogP contribution in [0.15, 0.2) is 18.3 Å². The average Bonchev–Trinajstić information content (AvgIpc) is 2.47. The van der Waals surface area contributed by atoms with Crippen molar-refractivity contribution >= 4 is 23.5 Å². The van der Waals surface area contributed by atoms with Crippen LogP contribution in [0.5, 0.6) is 0 Å². The number of nitrogens with zero attached hydrogens (tertiary/aromatic N) is 1. The molecule has 0 radical (unpaired) electrons. The molecular weight excluding hydrogens is 270 g/mol. The first-order chi connectivity index (χ1) is 9.74. The largest absolute Gasteiger partial charge is 0.337 e. The Morgan fingerprint density at radius 3 is 2.85 bits per heavy atom. The van der Waals surface area contributed by atoms with Crippen molar-refractivity contribution in [3.8, 4) is 0 Å². The number of aryl methyl sites for hydroxylation is 1. The van der Waals surface area contributed by atoms with E-state index in [1.54, 1.807) is 6.20 Å². The zero-order valence-electron chi connectivity index (χ0n) is 12.0. The Hall–Kier alpha value is -1.23. The highest BCUT2D eigenvalue weighted by atomic mass is 32.2. The maximum atomic E-state index is 11.7. The van der Waals surface area contributed by atoms with Gasteiger partial charge in [0.25, 0.3) is 0 Å². The van der Waals surface area contributed by atoms with Crippen molar-refractivity contribution in [1.82, 2.24) is 10.3 Å². The highest BCUT2D eigenvalue weighted by Gasteiger charge is 2.13. The van der Waals surface area contributed by atoms with Gasteiger partial charge in [0.05, 0.1) is 11.9 Å². The first-order valence-corrected chi connectivity index (χ1v) is 8.38. The fourth-order valence-electron chi connectivity index (χ4n) is 2.34. The third kappa shape index (κ3) is 5.41. The van der Waals surface area contributed by atoms with E-state index in [4.69, 9.17) is 0 Å². The van der Waals surface area contributed by atoms with E-state index < -0.39 is 0 Å². The molecule has 2 N–H and O–H groups in total. The van der Waals surface area contributed by atoms with E-state index in [1.165, 1.54) is 32.1 Å². The molecule has 1 aromatic heterocycles. The first kappa shape index (κ1) is 15.2. The summed E-state index contributed by atoms with van der Waals surface area (Å²) in [6, 6.07) is 3.59. The van der Waals surface area contributed by atoms with Gasteiger partial charge in [0.15, 0.2) is 0 Å². The normalized spacial score (nSPS) is 15.8. The summed E-state index contributed by atoms with van der Waals surface area (Å²) in [5.74, 6) is 0.990. The van der Waals surface area contributed by atoms with Gasteiger partial charge in [-0.25, -0.2) is 4.79 Å². The summed E-state index contributed by atoms with van der Waals surface area (Å²) in [6.45, 7) is 2.64. The van der Waals surface area contributed by atoms with Gasteiger partial charge in [-0.05, 0) is 31.9 Å². The average molecular weight is 293 g/mol. The molecule has 1 saturated carbocycles. The summed E-state index contributed by atoms with van der Waals surface area (Å²) in [5.41, 5.74) is 1.67. The Morgan fingerprint density at radius 1 is 1.35 bits per heavy atom. The third-order valence-corrected chi connectivity index (χ3v) is 4.85. The molecular formula is C15H23N3OS. The van der Waals surface area contributed by atoms with Crippen LogP contribution >= 0.6 is 11.8 Å². The molecule has 0 saturated heterocycles. The van der Waals surface area contributed by atoms with E-state index >= 15 is 0 Å². The van der Waals surface area contributed by atoms with Gasteiger partial charge in [0.2, 0.25) is 0 Å². The molecule has 2 rings (SSSR count). The summed E-state index contributed by atoms with van der Waals surface area (Å²) in [4.78, 5) is 15.8. The van der Waals surface area contributed by atoms with E-state index in [2.05, 4.69) is 15.6 Å². The lowest BCUT2D eigenvalue weighted by atomic mass is 10.0. The number of pyridine rings is 1. The molecule has 1 fully saturated rings. The number of nitrogens with one attached hydrogen (secondary N) is 2. The Kier molecular flexibility index (Phi) is 6.18. The van der Waals surface area contributed by atoms with Crippen molar-refractivity contribution in [2.75, 3.05) is 17.6 Å². The molecule has 2 amide bonds. The van der Waals surface area contributed by atoms with Gasteiger partial charge in [-0.3, -0.25) is 4.98 Å². The van der Waals surface area contributed by atoms with Gasteiger partial charge in [-0.2, -0.15) is 11.8 Å². The van der Waals surface area contributed by atoms with E-state index in [-0.39, 0.29) is 6.03 Å². The second kappa shape index (κ2) is 8.15. The standard InChI is InChI=1S/C15H23N3OS/c1-12-7-8-13(11-17-12)18-15(19)16-9-10-20-14-5-3-2-4-6-14/h7-8,11,14H,2-6,9-10H2,1H3,(H2,16,18,19). The Balaban J connectivity index is 1.59. The fourth-order valence-corrected chi connectivity index (χ4v) is 3.56. The van der Waals surface area contributed by atoms with Gasteiger partial charge >= 0.3 is 6.03 Å². The molecule has 0 aromatic carbocycles. The molecule has 5 heteroatoms. The predicted molar refractivity (Wildman–Crippen MR) is 85.3 cm³/mol. The molecule has 0 spiro atoms. The lowest BCUT2D eigenvalue weighted by Crippen LogP contribution is -2.31. The van der Waals surface area contributed by atoms with Crippen LogP contribution in [0, 0.1) is 6.92 Å². The molecule has 0 unspecified atom stereocenters. The summed E-state index contributed by atoms with van der Waals surface area (Å²) in [5, 5.41) is 6.47. The van der Waals surface area contributed by atoms with Crippen LogP contribution in [0.4, 0.5) is 10.5 Å². The molecule has 4 nitrogen and oxygen atoms in total. The molecule has 0 aliphatic heterocycles. The van der Waals surface area contributed by atoms with Gasteiger partial charge < -0.3 is 10.6 Å². The number of rotatable bonds is 5. The summed E-state index contributed by atoms with van der Waals surface area (Å²) in [7, 11) is 0. The highest BCUT2D eigenvalue weighted by molar-refractivity contribution is 7.99. The maximum absolute atomic E-state index is 11.7. The topological polar surface area (TPSA) is 54.0 Å². The summed E-state index contributed by atoms with van der Waals surface area (Å²) in [6.07, 6.45) is 8.48. The van der Waals surface area contributed by atoms with E-state index in [0.29, 0.717) is 6.54 Å². The lowest BCUT2D eigenvalue weighted by molar-refractivity contribution is 0.252. The maximum Gasteiger partial charge on any atom is 0.319 e. The van der Waals surface area contributed by atoms with E-state index in [9.17, 15) is 4.79 Å². The van der Waals surface area contributed by atoms with Crippen molar-refractivity contribution < 1.29 is 4.79 Å². The zero-order chi connectivity index (χ0) is 14.2. The monoisotopic (exact) mass is 293 g/mol. The zero-order valence-corrected chi connectivity index (χ0v) is 12.8. The van der Waals surface area contributed by atoms with Gasteiger partial charge in [0, 0.05) is 23.2 Å². The Morgan fingerprint density at radius 2 is 2.15 bits per heavy atom. The highest BCUT2D eigenvalue weighted by Crippen LogP contribution is 2.27. The Labute approximate surface area is 125 Å².